The average Bonchev–Trinajstić information content (AvgIpc) is 2.82. The van der Waals surface area contributed by atoms with E-state index in [-0.39, 0.29) is 41.4 Å². The summed E-state index contributed by atoms with van der Waals surface area (Å²) < 4.78 is 29.8. The lowest BCUT2D eigenvalue weighted by atomic mass is 10.1. The molecular formula is C24H20F2N6O2. The molecule has 0 bridgehead atoms. The topological polar surface area (TPSA) is 112 Å². The van der Waals surface area contributed by atoms with Gasteiger partial charge in [0.2, 0.25) is 0 Å². The van der Waals surface area contributed by atoms with Crippen LogP contribution in [0.4, 0.5) is 25.8 Å². The van der Waals surface area contributed by atoms with Crippen LogP contribution in [-0.4, -0.2) is 14.1 Å². The van der Waals surface area contributed by atoms with Crippen LogP contribution in [-0.2, 0) is 13.0 Å². The Kier molecular flexibility index (Phi) is 5.88. The fraction of sp³-hybridized carbons (Fsp3) is 0.125. The standard InChI is InChI=1S/C24H20F2N6O2/c1-3-9-30-19(4-2)22(32(28)20-11-17(26)16(25)10-18(20)27)23(33)31(24(30)34)21-13-29-12-14-7-5-6-8-15(14)21/h1,5-8,10-13H,4,9,27-28H2,2H3. The second-order valence-corrected chi connectivity index (χ2v) is 7.44. The van der Waals surface area contributed by atoms with E-state index in [1.54, 1.807) is 37.4 Å². The molecule has 172 valence electrons. The third-order valence-electron chi connectivity index (χ3n) is 5.47. The van der Waals surface area contributed by atoms with Gasteiger partial charge in [0.1, 0.15) is 5.69 Å². The first-order chi connectivity index (χ1) is 16.3. The second kappa shape index (κ2) is 8.80. The second-order valence-electron chi connectivity index (χ2n) is 7.44. The van der Waals surface area contributed by atoms with E-state index in [9.17, 15) is 18.4 Å². The van der Waals surface area contributed by atoms with Crippen LogP contribution in [0.3, 0.4) is 0 Å². The predicted molar refractivity (Wildman–Crippen MR) is 127 cm³/mol. The van der Waals surface area contributed by atoms with Gasteiger partial charge in [0.25, 0.3) is 5.56 Å². The highest BCUT2D eigenvalue weighted by Gasteiger charge is 2.25. The Hall–Kier alpha value is -4.49. The highest BCUT2D eigenvalue weighted by Crippen LogP contribution is 2.30. The molecule has 0 atom stereocenters. The van der Waals surface area contributed by atoms with Crippen molar-refractivity contribution < 1.29 is 8.78 Å². The highest BCUT2D eigenvalue weighted by molar-refractivity contribution is 5.89. The van der Waals surface area contributed by atoms with Crippen LogP contribution in [0.25, 0.3) is 16.5 Å². The molecule has 2 aromatic carbocycles. The van der Waals surface area contributed by atoms with Crippen molar-refractivity contribution in [3.05, 3.63) is 87.0 Å². The van der Waals surface area contributed by atoms with E-state index in [2.05, 4.69) is 10.9 Å². The summed E-state index contributed by atoms with van der Waals surface area (Å²) in [5.41, 5.74) is 4.31. The van der Waals surface area contributed by atoms with E-state index < -0.39 is 22.9 Å². The number of aromatic nitrogens is 3. The average molecular weight is 462 g/mol. The lowest BCUT2D eigenvalue weighted by Crippen LogP contribution is -2.45. The number of pyridine rings is 1. The first kappa shape index (κ1) is 22.7. The number of rotatable bonds is 5. The molecule has 34 heavy (non-hydrogen) atoms. The van der Waals surface area contributed by atoms with Crippen molar-refractivity contribution in [1.29, 1.82) is 0 Å². The monoisotopic (exact) mass is 462 g/mol. The number of hydrazine groups is 1. The molecule has 2 aromatic heterocycles. The zero-order valence-corrected chi connectivity index (χ0v) is 18.1. The van der Waals surface area contributed by atoms with Gasteiger partial charge in [0.15, 0.2) is 11.6 Å². The Bertz CT molecular complexity index is 1580. The molecular weight excluding hydrogens is 442 g/mol. The molecule has 0 fully saturated rings. The zero-order chi connectivity index (χ0) is 24.6. The summed E-state index contributed by atoms with van der Waals surface area (Å²) in [6, 6.07) is 8.63. The molecule has 0 aliphatic rings. The quantitative estimate of drug-likeness (QED) is 0.204. The van der Waals surface area contributed by atoms with E-state index in [1.807, 2.05) is 0 Å². The van der Waals surface area contributed by atoms with Gasteiger partial charge in [-0.05, 0) is 6.42 Å². The van der Waals surface area contributed by atoms with Gasteiger partial charge in [-0.3, -0.25) is 19.4 Å². The number of nitrogen functional groups attached to an aromatic ring is 1. The van der Waals surface area contributed by atoms with Gasteiger partial charge in [0.05, 0.1) is 35.5 Å². The van der Waals surface area contributed by atoms with Gasteiger partial charge >= 0.3 is 5.69 Å². The SMILES string of the molecule is C#CCn1c(CC)c(N(N)c2cc(F)c(F)cc2N)c(=O)n(-c2cncc3ccccc23)c1=O. The number of benzene rings is 2. The molecule has 0 unspecified atom stereocenters. The maximum Gasteiger partial charge on any atom is 0.336 e. The van der Waals surface area contributed by atoms with Crippen LogP contribution < -0.4 is 27.8 Å². The van der Waals surface area contributed by atoms with Gasteiger partial charge in [0, 0.05) is 29.1 Å². The third-order valence-corrected chi connectivity index (χ3v) is 5.47. The molecule has 4 N–H and O–H groups in total. The van der Waals surface area contributed by atoms with Crippen LogP contribution >= 0.6 is 0 Å². The first-order valence-corrected chi connectivity index (χ1v) is 10.2. The lowest BCUT2D eigenvalue weighted by molar-refractivity contribution is 0.509. The van der Waals surface area contributed by atoms with Gasteiger partial charge in [-0.15, -0.1) is 6.42 Å². The van der Waals surface area contributed by atoms with E-state index in [4.69, 9.17) is 18.0 Å². The Morgan fingerprint density at radius 1 is 1.15 bits per heavy atom. The Morgan fingerprint density at radius 3 is 2.56 bits per heavy atom. The van der Waals surface area contributed by atoms with Gasteiger partial charge < -0.3 is 5.73 Å². The van der Waals surface area contributed by atoms with Crippen molar-refractivity contribution in [2.45, 2.75) is 19.9 Å². The van der Waals surface area contributed by atoms with Crippen molar-refractivity contribution >= 4 is 27.8 Å². The Balaban J connectivity index is 2.12. The number of nitrogens with two attached hydrogens (primary N) is 2. The normalized spacial score (nSPS) is 10.9. The summed E-state index contributed by atoms with van der Waals surface area (Å²) in [7, 11) is 0. The minimum absolute atomic E-state index is 0.154. The van der Waals surface area contributed by atoms with Crippen LogP contribution in [0.2, 0.25) is 0 Å². The zero-order valence-electron chi connectivity index (χ0n) is 18.1. The lowest BCUT2D eigenvalue weighted by Gasteiger charge is -2.25. The van der Waals surface area contributed by atoms with Crippen LogP contribution in [0.15, 0.2) is 58.4 Å². The molecule has 0 saturated carbocycles. The first-order valence-electron chi connectivity index (χ1n) is 10.2. The van der Waals surface area contributed by atoms with E-state index in [0.29, 0.717) is 10.8 Å². The van der Waals surface area contributed by atoms with Gasteiger partial charge in [-0.25, -0.2) is 24.0 Å². The third kappa shape index (κ3) is 3.58. The molecule has 2 heterocycles. The summed E-state index contributed by atoms with van der Waals surface area (Å²) in [4.78, 5) is 31.4. The van der Waals surface area contributed by atoms with Crippen molar-refractivity contribution in [3.8, 4) is 18.0 Å². The molecule has 10 heteroatoms. The number of hydrogen-bond acceptors (Lipinski definition) is 6. The van der Waals surface area contributed by atoms with Crippen LogP contribution in [0.5, 0.6) is 0 Å². The molecule has 0 amide bonds. The minimum Gasteiger partial charge on any atom is -0.397 e. The summed E-state index contributed by atoms with van der Waals surface area (Å²) in [5, 5.41) is 2.14. The number of fused-ring (bicyclic) bond motifs is 1. The summed E-state index contributed by atoms with van der Waals surface area (Å²) >= 11 is 0. The minimum atomic E-state index is -1.20. The molecule has 4 aromatic rings. The molecule has 0 aliphatic heterocycles. The number of hydrogen-bond donors (Lipinski definition) is 2. The van der Waals surface area contributed by atoms with E-state index in [0.717, 1.165) is 21.7 Å². The number of terminal acetylenes is 1. The molecule has 8 nitrogen and oxygen atoms in total. The van der Waals surface area contributed by atoms with E-state index >= 15 is 0 Å². The van der Waals surface area contributed by atoms with Crippen LogP contribution in [0, 0.1) is 24.0 Å². The van der Waals surface area contributed by atoms with Gasteiger partial charge in [-0.1, -0.05) is 37.1 Å². The van der Waals surface area contributed by atoms with Crippen LogP contribution in [0.1, 0.15) is 12.6 Å². The maximum absolute atomic E-state index is 14.0. The summed E-state index contributed by atoms with van der Waals surface area (Å²) in [6.07, 6.45) is 8.67. The van der Waals surface area contributed by atoms with Crippen molar-refractivity contribution in [3.63, 3.8) is 0 Å². The van der Waals surface area contributed by atoms with Crippen molar-refractivity contribution in [1.82, 2.24) is 14.1 Å². The van der Waals surface area contributed by atoms with E-state index in [1.165, 1.54) is 10.8 Å². The maximum atomic E-state index is 14.0. The summed E-state index contributed by atoms with van der Waals surface area (Å²) in [6.45, 7) is 1.55. The fourth-order valence-electron chi connectivity index (χ4n) is 3.91. The molecule has 0 aliphatic carbocycles. The molecule has 0 radical (unpaired) electrons. The highest BCUT2D eigenvalue weighted by atomic mass is 19.2. The largest absolute Gasteiger partial charge is 0.397 e. The van der Waals surface area contributed by atoms with Crippen molar-refractivity contribution in [2.75, 3.05) is 10.7 Å². The molecule has 4 rings (SSSR count). The van der Waals surface area contributed by atoms with Gasteiger partial charge in [-0.2, -0.15) is 0 Å². The van der Waals surface area contributed by atoms with Crippen molar-refractivity contribution in [2.24, 2.45) is 5.84 Å². The number of anilines is 3. The Morgan fingerprint density at radius 2 is 1.85 bits per heavy atom. The number of nitrogens with zero attached hydrogens (tertiary/aromatic N) is 4. The summed E-state index contributed by atoms with van der Waals surface area (Å²) in [5.74, 6) is 6.30. The number of halogens is 2. The molecule has 0 saturated heterocycles. The Labute approximate surface area is 192 Å². The fourth-order valence-corrected chi connectivity index (χ4v) is 3.91. The predicted octanol–water partition coefficient (Wildman–Crippen LogP) is 2.62. The molecule has 0 spiro atoms. The smallest absolute Gasteiger partial charge is 0.336 e.